The van der Waals surface area contributed by atoms with Gasteiger partial charge >= 0.3 is 0 Å². The lowest BCUT2D eigenvalue weighted by atomic mass is 9.98. The number of amides is 1. The second-order valence-corrected chi connectivity index (χ2v) is 5.74. The lowest BCUT2D eigenvalue weighted by Crippen LogP contribution is -2.18. The Hall–Kier alpha value is -2.43. The van der Waals surface area contributed by atoms with Crippen LogP contribution in [-0.4, -0.2) is 17.9 Å². The van der Waals surface area contributed by atoms with Crippen molar-refractivity contribution >= 4 is 5.91 Å². The summed E-state index contributed by atoms with van der Waals surface area (Å²) in [7, 11) is 1.48. The molecule has 1 aliphatic carbocycles. The minimum atomic E-state index is -0.661. The second kappa shape index (κ2) is 6.77. The molecule has 0 saturated heterocycles. The molecule has 1 heterocycles. The fourth-order valence-corrected chi connectivity index (χ4v) is 2.95. The van der Waals surface area contributed by atoms with E-state index >= 15 is 0 Å². The Balaban J connectivity index is 1.72. The van der Waals surface area contributed by atoms with E-state index in [2.05, 4.69) is 10.3 Å². The van der Waals surface area contributed by atoms with E-state index in [0.29, 0.717) is 11.7 Å². The molecule has 0 spiro atoms. The van der Waals surface area contributed by atoms with Crippen LogP contribution < -0.4 is 10.1 Å². The highest BCUT2D eigenvalue weighted by Gasteiger charge is 2.17. The summed E-state index contributed by atoms with van der Waals surface area (Å²) in [5.41, 5.74) is 1.46. The fourth-order valence-electron chi connectivity index (χ4n) is 2.95. The summed E-state index contributed by atoms with van der Waals surface area (Å²) in [5, 5.41) is 2.42. The minimum Gasteiger partial charge on any atom is -0.436 e. The predicted molar refractivity (Wildman–Crippen MR) is 85.3 cm³/mol. The molecule has 3 rings (SSSR count). The van der Waals surface area contributed by atoms with Crippen molar-refractivity contribution in [3.05, 3.63) is 53.5 Å². The van der Waals surface area contributed by atoms with Crippen LogP contribution in [0.4, 0.5) is 4.39 Å². The molecular weight excluding hydrogens is 295 g/mol. The van der Waals surface area contributed by atoms with Gasteiger partial charge in [-0.1, -0.05) is 25.0 Å². The topological polar surface area (TPSA) is 51.2 Å². The van der Waals surface area contributed by atoms with E-state index in [1.54, 1.807) is 0 Å². The van der Waals surface area contributed by atoms with Gasteiger partial charge in [-0.3, -0.25) is 4.79 Å². The van der Waals surface area contributed by atoms with Crippen LogP contribution in [0, 0.1) is 5.82 Å². The smallest absolute Gasteiger partial charge is 0.255 e. The van der Waals surface area contributed by atoms with Crippen LogP contribution in [0.5, 0.6) is 11.6 Å². The molecule has 1 fully saturated rings. The molecule has 0 bridgehead atoms. The third-order valence-corrected chi connectivity index (χ3v) is 4.22. The Morgan fingerprint density at radius 1 is 1.26 bits per heavy atom. The van der Waals surface area contributed by atoms with Crippen LogP contribution in [0.25, 0.3) is 0 Å². The molecule has 0 aliphatic heterocycles. The standard InChI is InChI=1S/C18H19FN2O2/c1-20-17(22)14-10-16(19)18(21-11-14)23-15-8-6-13(7-9-15)12-4-2-3-5-12/h6-12H,2-5H2,1H3,(H,20,22). The molecule has 120 valence electrons. The summed E-state index contributed by atoms with van der Waals surface area (Å²) >= 11 is 0. The number of halogens is 1. The summed E-state index contributed by atoms with van der Waals surface area (Å²) in [4.78, 5) is 15.3. The maximum atomic E-state index is 14.0. The normalized spacial score (nSPS) is 14.7. The van der Waals surface area contributed by atoms with Gasteiger partial charge in [0, 0.05) is 13.2 Å². The fraction of sp³-hybridized carbons (Fsp3) is 0.333. The molecule has 0 radical (unpaired) electrons. The van der Waals surface area contributed by atoms with Crippen molar-refractivity contribution < 1.29 is 13.9 Å². The van der Waals surface area contributed by atoms with Crippen molar-refractivity contribution in [2.75, 3.05) is 7.05 Å². The summed E-state index contributed by atoms with van der Waals surface area (Å²) < 4.78 is 19.5. The van der Waals surface area contributed by atoms with Crippen molar-refractivity contribution in [2.24, 2.45) is 0 Å². The Bertz CT molecular complexity index is 695. The number of carbonyl (C=O) groups excluding carboxylic acids is 1. The molecule has 1 amide bonds. The SMILES string of the molecule is CNC(=O)c1cnc(Oc2ccc(C3CCCC3)cc2)c(F)c1. The first-order chi connectivity index (χ1) is 11.2. The van der Waals surface area contributed by atoms with Crippen molar-refractivity contribution in [1.82, 2.24) is 10.3 Å². The molecule has 23 heavy (non-hydrogen) atoms. The predicted octanol–water partition coefficient (Wildman–Crippen LogP) is 4.03. The van der Waals surface area contributed by atoms with E-state index < -0.39 is 5.82 Å². The maximum absolute atomic E-state index is 14.0. The van der Waals surface area contributed by atoms with Crippen LogP contribution >= 0.6 is 0 Å². The average molecular weight is 314 g/mol. The van der Waals surface area contributed by atoms with Gasteiger partial charge in [-0.05, 0) is 42.5 Å². The van der Waals surface area contributed by atoms with Crippen LogP contribution in [0.3, 0.4) is 0 Å². The zero-order chi connectivity index (χ0) is 16.2. The van der Waals surface area contributed by atoms with Crippen LogP contribution in [0.2, 0.25) is 0 Å². The van der Waals surface area contributed by atoms with E-state index in [0.717, 1.165) is 6.07 Å². The molecule has 1 N–H and O–H groups in total. The molecule has 0 atom stereocenters. The molecule has 1 aliphatic rings. The van der Waals surface area contributed by atoms with Gasteiger partial charge in [-0.2, -0.15) is 0 Å². The number of rotatable bonds is 4. The molecule has 1 aromatic heterocycles. The number of nitrogens with one attached hydrogen (secondary N) is 1. The number of carbonyl (C=O) groups is 1. The van der Waals surface area contributed by atoms with Gasteiger partial charge < -0.3 is 10.1 Å². The van der Waals surface area contributed by atoms with Crippen molar-refractivity contribution in [3.63, 3.8) is 0 Å². The van der Waals surface area contributed by atoms with Crippen molar-refractivity contribution in [2.45, 2.75) is 31.6 Å². The van der Waals surface area contributed by atoms with Gasteiger partial charge in [-0.25, -0.2) is 9.37 Å². The van der Waals surface area contributed by atoms with Gasteiger partial charge in [0.25, 0.3) is 11.8 Å². The lowest BCUT2D eigenvalue weighted by Gasteiger charge is -2.11. The third kappa shape index (κ3) is 3.50. The van der Waals surface area contributed by atoms with E-state index in [1.165, 1.54) is 44.5 Å². The van der Waals surface area contributed by atoms with Crippen LogP contribution in [0.1, 0.15) is 47.5 Å². The monoisotopic (exact) mass is 314 g/mol. The molecule has 4 nitrogen and oxygen atoms in total. The van der Waals surface area contributed by atoms with Gasteiger partial charge in [0.1, 0.15) is 5.75 Å². The Kier molecular flexibility index (Phi) is 4.55. The molecular formula is C18H19FN2O2. The third-order valence-electron chi connectivity index (χ3n) is 4.22. The molecule has 1 saturated carbocycles. The highest BCUT2D eigenvalue weighted by molar-refractivity contribution is 5.93. The van der Waals surface area contributed by atoms with Gasteiger partial charge in [0.05, 0.1) is 5.56 Å². The summed E-state index contributed by atoms with van der Waals surface area (Å²) in [6, 6.07) is 8.85. The zero-order valence-corrected chi connectivity index (χ0v) is 13.0. The average Bonchev–Trinajstić information content (AvgIpc) is 3.11. The number of benzene rings is 1. The number of aromatic nitrogens is 1. The quantitative estimate of drug-likeness (QED) is 0.927. The Morgan fingerprint density at radius 2 is 1.96 bits per heavy atom. The Labute approximate surface area is 134 Å². The summed E-state index contributed by atoms with van der Waals surface area (Å²) in [6.07, 6.45) is 6.34. The zero-order valence-electron chi connectivity index (χ0n) is 13.0. The van der Waals surface area contributed by atoms with Gasteiger partial charge in [0.15, 0.2) is 5.82 Å². The van der Waals surface area contributed by atoms with Gasteiger partial charge in [0.2, 0.25) is 0 Å². The second-order valence-electron chi connectivity index (χ2n) is 5.74. The van der Waals surface area contributed by atoms with E-state index in [-0.39, 0.29) is 17.4 Å². The van der Waals surface area contributed by atoms with Gasteiger partial charge in [-0.15, -0.1) is 0 Å². The number of ether oxygens (including phenoxy) is 1. The van der Waals surface area contributed by atoms with Crippen LogP contribution in [-0.2, 0) is 0 Å². The van der Waals surface area contributed by atoms with Crippen molar-refractivity contribution in [1.29, 1.82) is 0 Å². The van der Waals surface area contributed by atoms with E-state index in [9.17, 15) is 9.18 Å². The highest BCUT2D eigenvalue weighted by Crippen LogP contribution is 2.35. The van der Waals surface area contributed by atoms with E-state index in [1.807, 2.05) is 24.3 Å². The molecule has 5 heteroatoms. The van der Waals surface area contributed by atoms with Crippen LogP contribution in [0.15, 0.2) is 36.5 Å². The largest absolute Gasteiger partial charge is 0.436 e. The molecule has 0 unspecified atom stereocenters. The minimum absolute atomic E-state index is 0.133. The Morgan fingerprint density at radius 3 is 2.57 bits per heavy atom. The molecule has 1 aromatic carbocycles. The number of nitrogens with zero attached hydrogens (tertiary/aromatic N) is 1. The summed E-state index contributed by atoms with van der Waals surface area (Å²) in [5.74, 6) is -0.0160. The van der Waals surface area contributed by atoms with Crippen molar-refractivity contribution in [3.8, 4) is 11.6 Å². The van der Waals surface area contributed by atoms with E-state index in [4.69, 9.17) is 4.74 Å². The first-order valence-corrected chi connectivity index (χ1v) is 7.83. The first-order valence-electron chi connectivity index (χ1n) is 7.83. The highest BCUT2D eigenvalue weighted by atomic mass is 19.1. The first kappa shape index (κ1) is 15.5. The number of hydrogen-bond donors (Lipinski definition) is 1. The number of hydrogen-bond acceptors (Lipinski definition) is 3. The summed E-state index contributed by atoms with van der Waals surface area (Å²) in [6.45, 7) is 0. The maximum Gasteiger partial charge on any atom is 0.255 e. The lowest BCUT2D eigenvalue weighted by molar-refractivity contribution is 0.0962. The number of pyridine rings is 1. The molecule has 2 aromatic rings.